The van der Waals surface area contributed by atoms with Crippen LogP contribution in [0.3, 0.4) is 0 Å². The summed E-state index contributed by atoms with van der Waals surface area (Å²) in [6, 6.07) is 11.1. The van der Waals surface area contributed by atoms with E-state index in [4.69, 9.17) is 21.1 Å². The Morgan fingerprint density at radius 2 is 1.86 bits per heavy atom. The molecule has 0 amide bonds. The van der Waals surface area contributed by atoms with Gasteiger partial charge in [-0.05, 0) is 47.5 Å². The van der Waals surface area contributed by atoms with Crippen LogP contribution in [0.2, 0.25) is 5.02 Å². The lowest BCUT2D eigenvalue weighted by Gasteiger charge is -2.13. The molecule has 0 saturated heterocycles. The number of benzene rings is 3. The van der Waals surface area contributed by atoms with Crippen molar-refractivity contribution in [3.05, 3.63) is 70.5 Å². The number of carbonyl (C=O) groups is 1. The molecule has 0 aromatic heterocycles. The molecule has 0 aliphatic heterocycles. The zero-order valence-corrected chi connectivity index (χ0v) is 15.9. The van der Waals surface area contributed by atoms with Gasteiger partial charge in [-0.3, -0.25) is 4.79 Å². The lowest BCUT2D eigenvalue weighted by Crippen LogP contribution is -2.07. The fourth-order valence-electron chi connectivity index (χ4n) is 2.84. The third kappa shape index (κ3) is 4.79. The number of fused-ring (bicyclic) bond motifs is 1. The minimum atomic E-state index is -4.73. The number of alkyl halides is 3. The van der Waals surface area contributed by atoms with Gasteiger partial charge in [0.1, 0.15) is 5.75 Å². The van der Waals surface area contributed by atoms with Gasteiger partial charge in [-0.25, -0.2) is 4.39 Å². The van der Waals surface area contributed by atoms with E-state index < -0.39 is 34.3 Å². The first-order valence-electron chi connectivity index (χ1n) is 8.60. The van der Waals surface area contributed by atoms with Gasteiger partial charge in [-0.1, -0.05) is 35.9 Å². The van der Waals surface area contributed by atoms with Gasteiger partial charge < -0.3 is 9.47 Å². The minimum absolute atomic E-state index is 0.0318. The largest absolute Gasteiger partial charge is 0.466 e. The van der Waals surface area contributed by atoms with Crippen molar-refractivity contribution in [2.24, 2.45) is 0 Å². The van der Waals surface area contributed by atoms with Crippen LogP contribution >= 0.6 is 11.6 Å². The van der Waals surface area contributed by atoms with Crippen LogP contribution in [0.15, 0.2) is 48.5 Å². The van der Waals surface area contributed by atoms with E-state index in [2.05, 4.69) is 0 Å². The Kier molecular flexibility index (Phi) is 5.98. The molecule has 29 heavy (non-hydrogen) atoms. The van der Waals surface area contributed by atoms with Crippen LogP contribution in [0.25, 0.3) is 10.8 Å². The fraction of sp³-hybridized carbons (Fsp3) is 0.190. The van der Waals surface area contributed by atoms with E-state index >= 15 is 0 Å². The van der Waals surface area contributed by atoms with Crippen molar-refractivity contribution < 1.29 is 31.8 Å². The van der Waals surface area contributed by atoms with Gasteiger partial charge in [0.2, 0.25) is 0 Å². The van der Waals surface area contributed by atoms with E-state index in [0.29, 0.717) is 23.1 Å². The third-order valence-corrected chi connectivity index (χ3v) is 4.41. The maximum absolute atomic E-state index is 14.2. The quantitative estimate of drug-likeness (QED) is 0.343. The van der Waals surface area contributed by atoms with Crippen molar-refractivity contribution in [2.45, 2.75) is 19.5 Å². The van der Waals surface area contributed by atoms with Gasteiger partial charge in [-0.15, -0.1) is 0 Å². The summed E-state index contributed by atoms with van der Waals surface area (Å²) in [7, 11) is 0. The van der Waals surface area contributed by atoms with Crippen LogP contribution in [-0.2, 0) is 22.1 Å². The molecule has 0 saturated carbocycles. The SMILES string of the molecule is CCOC(=O)Cc1cccc2ccc(Oc3c(F)cc(C(F)(F)F)cc3Cl)cc12. The van der Waals surface area contributed by atoms with Gasteiger partial charge in [-0.2, -0.15) is 13.2 Å². The number of esters is 1. The van der Waals surface area contributed by atoms with Gasteiger partial charge in [0.25, 0.3) is 0 Å². The fourth-order valence-corrected chi connectivity index (χ4v) is 3.09. The summed E-state index contributed by atoms with van der Waals surface area (Å²) < 4.78 is 62.9. The van der Waals surface area contributed by atoms with E-state index in [1.165, 1.54) is 6.07 Å². The molecule has 0 aliphatic carbocycles. The molecule has 0 heterocycles. The van der Waals surface area contributed by atoms with E-state index in [-0.39, 0.29) is 18.8 Å². The van der Waals surface area contributed by atoms with Gasteiger partial charge in [0.05, 0.1) is 23.6 Å². The Hall–Kier alpha value is -2.80. The highest BCUT2D eigenvalue weighted by atomic mass is 35.5. The van der Waals surface area contributed by atoms with Crippen LogP contribution in [0, 0.1) is 5.82 Å². The predicted octanol–water partition coefficient (Wildman–Crippen LogP) is 6.55. The molecule has 0 radical (unpaired) electrons. The molecule has 0 atom stereocenters. The van der Waals surface area contributed by atoms with E-state index in [0.717, 1.165) is 5.39 Å². The average molecular weight is 427 g/mol. The number of hydrogen-bond donors (Lipinski definition) is 0. The number of carbonyl (C=O) groups excluding carboxylic acids is 1. The summed E-state index contributed by atoms with van der Waals surface area (Å²) in [5.41, 5.74) is -0.534. The second-order valence-corrected chi connectivity index (χ2v) is 6.56. The van der Waals surface area contributed by atoms with Crippen molar-refractivity contribution in [2.75, 3.05) is 6.61 Å². The molecular formula is C21H15ClF4O3. The summed E-state index contributed by atoms with van der Waals surface area (Å²) in [4.78, 5) is 11.8. The number of hydrogen-bond acceptors (Lipinski definition) is 3. The average Bonchev–Trinajstić information content (AvgIpc) is 2.64. The molecule has 0 bridgehead atoms. The first kappa shape index (κ1) is 20.9. The molecule has 152 valence electrons. The summed E-state index contributed by atoms with van der Waals surface area (Å²) in [6.07, 6.45) is -4.70. The van der Waals surface area contributed by atoms with E-state index in [9.17, 15) is 22.4 Å². The molecule has 0 N–H and O–H groups in total. The highest BCUT2D eigenvalue weighted by Crippen LogP contribution is 2.39. The third-order valence-electron chi connectivity index (χ3n) is 4.13. The normalized spacial score (nSPS) is 11.5. The Morgan fingerprint density at radius 3 is 2.52 bits per heavy atom. The standard InChI is InChI=1S/C21H15ClF4O3/c1-2-28-19(27)8-13-5-3-4-12-6-7-15(11-16(12)13)29-20-17(22)9-14(10-18(20)23)21(24,25)26/h3-7,9-11H,2,8H2,1H3. The van der Waals surface area contributed by atoms with Crippen LogP contribution in [-0.4, -0.2) is 12.6 Å². The van der Waals surface area contributed by atoms with E-state index in [1.807, 2.05) is 6.07 Å². The van der Waals surface area contributed by atoms with Gasteiger partial charge in [0.15, 0.2) is 11.6 Å². The highest BCUT2D eigenvalue weighted by Gasteiger charge is 2.32. The summed E-state index contributed by atoms with van der Waals surface area (Å²) in [5, 5.41) is 0.969. The van der Waals surface area contributed by atoms with Crippen molar-refractivity contribution in [1.82, 2.24) is 0 Å². The molecular weight excluding hydrogens is 412 g/mol. The predicted molar refractivity (Wildman–Crippen MR) is 101 cm³/mol. The zero-order chi connectivity index (χ0) is 21.2. The minimum Gasteiger partial charge on any atom is -0.466 e. The molecule has 3 rings (SSSR count). The maximum Gasteiger partial charge on any atom is 0.416 e. The molecule has 0 fully saturated rings. The smallest absolute Gasteiger partial charge is 0.416 e. The van der Waals surface area contributed by atoms with E-state index in [1.54, 1.807) is 31.2 Å². The number of ether oxygens (including phenoxy) is 2. The summed E-state index contributed by atoms with van der Waals surface area (Å²) >= 11 is 5.82. The highest BCUT2D eigenvalue weighted by molar-refractivity contribution is 6.32. The molecule has 3 aromatic rings. The molecule has 0 aliphatic rings. The molecule has 3 nitrogen and oxygen atoms in total. The molecule has 0 spiro atoms. The molecule has 0 unspecified atom stereocenters. The topological polar surface area (TPSA) is 35.5 Å². The number of halogens is 5. The van der Waals surface area contributed by atoms with Crippen molar-refractivity contribution in [1.29, 1.82) is 0 Å². The first-order valence-corrected chi connectivity index (χ1v) is 8.98. The van der Waals surface area contributed by atoms with Crippen LogP contribution in [0.4, 0.5) is 17.6 Å². The van der Waals surface area contributed by atoms with Gasteiger partial charge in [0, 0.05) is 0 Å². The zero-order valence-electron chi connectivity index (χ0n) is 15.1. The Labute approximate surface area is 168 Å². The Balaban J connectivity index is 1.96. The second-order valence-electron chi connectivity index (χ2n) is 6.15. The van der Waals surface area contributed by atoms with Crippen LogP contribution in [0.1, 0.15) is 18.1 Å². The van der Waals surface area contributed by atoms with Crippen LogP contribution in [0.5, 0.6) is 11.5 Å². The van der Waals surface area contributed by atoms with Crippen molar-refractivity contribution in [3.63, 3.8) is 0 Å². The molecule has 8 heteroatoms. The Morgan fingerprint density at radius 1 is 1.10 bits per heavy atom. The van der Waals surface area contributed by atoms with Crippen molar-refractivity contribution in [3.8, 4) is 11.5 Å². The lowest BCUT2D eigenvalue weighted by atomic mass is 10.0. The Bertz CT molecular complexity index is 1040. The summed E-state index contributed by atoms with van der Waals surface area (Å²) in [5.74, 6) is -1.98. The van der Waals surface area contributed by atoms with Gasteiger partial charge >= 0.3 is 12.1 Å². The van der Waals surface area contributed by atoms with Crippen LogP contribution < -0.4 is 4.74 Å². The second kappa shape index (κ2) is 8.29. The lowest BCUT2D eigenvalue weighted by molar-refractivity contribution is -0.142. The monoisotopic (exact) mass is 426 g/mol. The first-order chi connectivity index (χ1) is 13.7. The number of rotatable bonds is 5. The van der Waals surface area contributed by atoms with Crippen molar-refractivity contribution >= 4 is 28.3 Å². The molecule has 3 aromatic carbocycles. The summed E-state index contributed by atoms with van der Waals surface area (Å²) in [6.45, 7) is 1.96. The maximum atomic E-state index is 14.2.